The third-order valence-corrected chi connectivity index (χ3v) is 3.98. The summed E-state index contributed by atoms with van der Waals surface area (Å²) in [6.45, 7) is 0. The van der Waals surface area contributed by atoms with Gasteiger partial charge in [-0.3, -0.25) is 0 Å². The van der Waals surface area contributed by atoms with E-state index in [1.807, 2.05) is 30.3 Å². The molecule has 0 saturated carbocycles. The summed E-state index contributed by atoms with van der Waals surface area (Å²) in [4.78, 5) is 0. The number of hydrogen-bond donors (Lipinski definition) is 1. The van der Waals surface area contributed by atoms with Crippen molar-refractivity contribution in [1.82, 2.24) is 0 Å². The molecule has 0 spiro atoms. The molecule has 1 unspecified atom stereocenters. The number of para-hydroxylation sites is 1. The van der Waals surface area contributed by atoms with E-state index in [1.165, 1.54) is 12.1 Å². The fourth-order valence-electron chi connectivity index (χ4n) is 2.06. The molecule has 0 aliphatic carbocycles. The molecule has 0 saturated heterocycles. The van der Waals surface area contributed by atoms with Crippen molar-refractivity contribution in [2.75, 3.05) is 0 Å². The SMILES string of the molecule is NC(c1cc2ccccc2o1)c1ccc(F)cc1I. The van der Waals surface area contributed by atoms with Crippen LogP contribution in [0.25, 0.3) is 11.0 Å². The third-order valence-electron chi connectivity index (χ3n) is 3.05. The highest BCUT2D eigenvalue weighted by molar-refractivity contribution is 14.1. The average molecular weight is 367 g/mol. The molecule has 1 heterocycles. The Kier molecular flexibility index (Phi) is 3.28. The monoisotopic (exact) mass is 367 g/mol. The summed E-state index contributed by atoms with van der Waals surface area (Å²) in [5, 5.41) is 1.02. The molecule has 0 aliphatic rings. The first-order valence-corrected chi connectivity index (χ1v) is 6.92. The van der Waals surface area contributed by atoms with Gasteiger partial charge < -0.3 is 10.2 Å². The highest BCUT2D eigenvalue weighted by Gasteiger charge is 2.16. The molecule has 19 heavy (non-hydrogen) atoms. The zero-order chi connectivity index (χ0) is 13.4. The highest BCUT2D eigenvalue weighted by atomic mass is 127. The van der Waals surface area contributed by atoms with Crippen LogP contribution in [0.1, 0.15) is 17.4 Å². The predicted octanol–water partition coefficient (Wildman–Crippen LogP) is 4.22. The number of halogens is 2. The van der Waals surface area contributed by atoms with Gasteiger partial charge in [-0.05, 0) is 52.4 Å². The Morgan fingerprint density at radius 1 is 1.11 bits per heavy atom. The van der Waals surface area contributed by atoms with Crippen LogP contribution in [0, 0.1) is 9.39 Å². The van der Waals surface area contributed by atoms with Crippen LogP contribution in [0.2, 0.25) is 0 Å². The quantitative estimate of drug-likeness (QED) is 0.689. The fraction of sp³-hybridized carbons (Fsp3) is 0.0667. The molecule has 0 bridgehead atoms. The lowest BCUT2D eigenvalue weighted by atomic mass is 10.1. The maximum Gasteiger partial charge on any atom is 0.134 e. The normalized spacial score (nSPS) is 12.8. The molecule has 0 radical (unpaired) electrons. The molecule has 2 N–H and O–H groups in total. The second kappa shape index (κ2) is 4.94. The van der Waals surface area contributed by atoms with Crippen LogP contribution in [-0.4, -0.2) is 0 Å². The number of benzene rings is 2. The molecule has 2 aromatic carbocycles. The summed E-state index contributed by atoms with van der Waals surface area (Å²) in [7, 11) is 0. The Morgan fingerprint density at radius 2 is 1.89 bits per heavy atom. The van der Waals surface area contributed by atoms with Gasteiger partial charge in [0.05, 0.1) is 6.04 Å². The van der Waals surface area contributed by atoms with Gasteiger partial charge in [0.15, 0.2) is 0 Å². The molecule has 3 rings (SSSR count). The van der Waals surface area contributed by atoms with Crippen molar-refractivity contribution in [3.05, 3.63) is 69.2 Å². The lowest BCUT2D eigenvalue weighted by Gasteiger charge is -2.11. The Hall–Kier alpha value is -1.40. The molecule has 0 fully saturated rings. The molecular weight excluding hydrogens is 356 g/mol. The molecule has 1 atom stereocenters. The first kappa shape index (κ1) is 12.6. The molecule has 96 valence electrons. The summed E-state index contributed by atoms with van der Waals surface area (Å²) >= 11 is 2.08. The van der Waals surface area contributed by atoms with Crippen LogP contribution in [0.3, 0.4) is 0 Å². The van der Waals surface area contributed by atoms with E-state index in [9.17, 15) is 4.39 Å². The van der Waals surface area contributed by atoms with Gasteiger partial charge >= 0.3 is 0 Å². The molecule has 1 aromatic heterocycles. The Balaban J connectivity index is 2.05. The first-order valence-electron chi connectivity index (χ1n) is 5.84. The average Bonchev–Trinajstić information content (AvgIpc) is 2.81. The topological polar surface area (TPSA) is 39.2 Å². The first-order chi connectivity index (χ1) is 9.15. The molecular formula is C15H11FINO. The summed E-state index contributed by atoms with van der Waals surface area (Å²) < 4.78 is 19.7. The van der Waals surface area contributed by atoms with Crippen LogP contribution < -0.4 is 5.73 Å². The van der Waals surface area contributed by atoms with Crippen molar-refractivity contribution in [3.63, 3.8) is 0 Å². The van der Waals surface area contributed by atoms with Crippen LogP contribution in [-0.2, 0) is 0 Å². The van der Waals surface area contributed by atoms with E-state index in [0.717, 1.165) is 20.1 Å². The van der Waals surface area contributed by atoms with E-state index in [1.54, 1.807) is 6.07 Å². The van der Waals surface area contributed by atoms with Crippen molar-refractivity contribution < 1.29 is 8.81 Å². The molecule has 0 amide bonds. The van der Waals surface area contributed by atoms with Gasteiger partial charge in [0.1, 0.15) is 17.2 Å². The summed E-state index contributed by atoms with van der Waals surface area (Å²) in [5.41, 5.74) is 7.88. The summed E-state index contributed by atoms with van der Waals surface area (Å²) in [6.07, 6.45) is 0. The maximum absolute atomic E-state index is 13.1. The number of rotatable bonds is 2. The third kappa shape index (κ3) is 2.37. The van der Waals surface area contributed by atoms with E-state index in [4.69, 9.17) is 10.2 Å². The second-order valence-electron chi connectivity index (χ2n) is 4.33. The van der Waals surface area contributed by atoms with Crippen molar-refractivity contribution >= 4 is 33.6 Å². The van der Waals surface area contributed by atoms with Crippen molar-refractivity contribution in [1.29, 1.82) is 0 Å². The fourth-order valence-corrected chi connectivity index (χ4v) is 2.88. The number of hydrogen-bond acceptors (Lipinski definition) is 2. The molecule has 4 heteroatoms. The Labute approximate surface area is 123 Å². The van der Waals surface area contributed by atoms with E-state index < -0.39 is 0 Å². The Bertz CT molecular complexity index is 705. The van der Waals surface area contributed by atoms with Gasteiger partial charge in [-0.25, -0.2) is 4.39 Å². The number of fused-ring (bicyclic) bond motifs is 1. The van der Waals surface area contributed by atoms with Crippen LogP contribution in [0.4, 0.5) is 4.39 Å². The summed E-state index contributed by atoms with van der Waals surface area (Å²) in [5.74, 6) is 0.427. The summed E-state index contributed by atoms with van der Waals surface area (Å²) in [6, 6.07) is 13.9. The van der Waals surface area contributed by atoms with Crippen LogP contribution in [0.5, 0.6) is 0 Å². The minimum atomic E-state index is -0.389. The zero-order valence-electron chi connectivity index (χ0n) is 9.94. The van der Waals surface area contributed by atoms with E-state index >= 15 is 0 Å². The zero-order valence-corrected chi connectivity index (χ0v) is 12.1. The van der Waals surface area contributed by atoms with Gasteiger partial charge in [-0.15, -0.1) is 0 Å². The molecule has 2 nitrogen and oxygen atoms in total. The van der Waals surface area contributed by atoms with Crippen molar-refractivity contribution in [2.45, 2.75) is 6.04 Å². The largest absolute Gasteiger partial charge is 0.459 e. The van der Waals surface area contributed by atoms with Gasteiger partial charge in [0.2, 0.25) is 0 Å². The smallest absolute Gasteiger partial charge is 0.134 e. The van der Waals surface area contributed by atoms with Crippen molar-refractivity contribution in [2.24, 2.45) is 5.73 Å². The van der Waals surface area contributed by atoms with Gasteiger partial charge in [-0.2, -0.15) is 0 Å². The standard InChI is InChI=1S/C15H11FINO/c16-10-5-6-11(12(17)8-10)15(18)14-7-9-3-1-2-4-13(9)19-14/h1-8,15H,18H2. The molecule has 0 aliphatic heterocycles. The van der Waals surface area contributed by atoms with Gasteiger partial charge in [0, 0.05) is 8.96 Å². The minimum Gasteiger partial charge on any atom is -0.459 e. The van der Waals surface area contributed by atoms with Gasteiger partial charge in [-0.1, -0.05) is 24.3 Å². The van der Waals surface area contributed by atoms with Crippen LogP contribution in [0.15, 0.2) is 52.9 Å². The van der Waals surface area contributed by atoms with Crippen molar-refractivity contribution in [3.8, 4) is 0 Å². The van der Waals surface area contributed by atoms with E-state index in [0.29, 0.717) is 5.76 Å². The van der Waals surface area contributed by atoms with E-state index in [2.05, 4.69) is 22.6 Å². The number of nitrogens with two attached hydrogens (primary N) is 1. The van der Waals surface area contributed by atoms with E-state index in [-0.39, 0.29) is 11.9 Å². The second-order valence-corrected chi connectivity index (χ2v) is 5.49. The maximum atomic E-state index is 13.1. The number of furan rings is 1. The Morgan fingerprint density at radius 3 is 2.63 bits per heavy atom. The molecule has 3 aromatic rings. The highest BCUT2D eigenvalue weighted by Crippen LogP contribution is 2.29. The predicted molar refractivity (Wildman–Crippen MR) is 81.4 cm³/mol. The lowest BCUT2D eigenvalue weighted by molar-refractivity contribution is 0.523. The van der Waals surface area contributed by atoms with Gasteiger partial charge in [0.25, 0.3) is 0 Å². The minimum absolute atomic E-state index is 0.259. The lowest BCUT2D eigenvalue weighted by Crippen LogP contribution is -2.12. The van der Waals surface area contributed by atoms with Crippen LogP contribution >= 0.6 is 22.6 Å².